The summed E-state index contributed by atoms with van der Waals surface area (Å²) in [6, 6.07) is 36.1. The molecule has 0 aliphatic rings. The summed E-state index contributed by atoms with van der Waals surface area (Å²) in [7, 11) is 0. The zero-order valence-electron chi connectivity index (χ0n) is 25.3. The van der Waals surface area contributed by atoms with Gasteiger partial charge in [0, 0.05) is 34.6 Å². The molecule has 0 aliphatic carbocycles. The van der Waals surface area contributed by atoms with E-state index >= 15 is 0 Å². The van der Waals surface area contributed by atoms with Crippen molar-refractivity contribution < 1.29 is 14.0 Å². The summed E-state index contributed by atoms with van der Waals surface area (Å²) in [5.41, 5.74) is 4.60. The quantitative estimate of drug-likeness (QED) is 0.192. The summed E-state index contributed by atoms with van der Waals surface area (Å²) in [6.45, 7) is 1.72. The Kier molecular flexibility index (Phi) is 7.81. The monoisotopic (exact) mass is 616 g/mol. The fraction of sp³-hybridized carbons (Fsp3) is 0.0513. The number of rotatable bonds is 7. The number of nitrogens with one attached hydrogen (secondary N) is 2. The van der Waals surface area contributed by atoms with Gasteiger partial charge in [0.15, 0.2) is 11.0 Å². The van der Waals surface area contributed by atoms with Crippen LogP contribution in [0.2, 0.25) is 0 Å². The molecular weight excluding hydrogens is 588 g/mol. The smallest absolute Gasteiger partial charge is 0.259 e. The maximum Gasteiger partial charge on any atom is 0.259 e. The molecule has 47 heavy (non-hydrogen) atoms. The molecule has 0 saturated carbocycles. The van der Waals surface area contributed by atoms with Crippen LogP contribution in [0, 0.1) is 6.92 Å². The molecule has 0 fully saturated rings. The van der Waals surface area contributed by atoms with Crippen LogP contribution in [0.3, 0.4) is 0 Å². The molecule has 3 aromatic heterocycles. The van der Waals surface area contributed by atoms with Crippen molar-refractivity contribution in [1.82, 2.24) is 15.3 Å². The zero-order chi connectivity index (χ0) is 32.3. The molecule has 2 N–H and O–H groups in total. The molecule has 1 atom stereocenters. The van der Waals surface area contributed by atoms with Crippen LogP contribution in [0.4, 0.5) is 5.69 Å². The summed E-state index contributed by atoms with van der Waals surface area (Å²) in [4.78, 5) is 49.2. The number of amides is 2. The van der Waals surface area contributed by atoms with E-state index in [1.54, 1.807) is 55.6 Å². The van der Waals surface area contributed by atoms with Crippen molar-refractivity contribution in [2.45, 2.75) is 13.0 Å². The van der Waals surface area contributed by atoms with Crippen molar-refractivity contribution in [2.24, 2.45) is 0 Å². The zero-order valence-corrected chi connectivity index (χ0v) is 25.3. The highest BCUT2D eigenvalue weighted by Gasteiger charge is 2.21. The number of para-hydroxylation sites is 1. The van der Waals surface area contributed by atoms with Gasteiger partial charge in [-0.2, -0.15) is 0 Å². The summed E-state index contributed by atoms with van der Waals surface area (Å²) < 4.78 is 6.22. The second-order valence-electron chi connectivity index (χ2n) is 11.1. The second-order valence-corrected chi connectivity index (χ2v) is 11.1. The van der Waals surface area contributed by atoms with Gasteiger partial charge in [-0.05, 0) is 55.0 Å². The number of nitrogens with zero attached hydrogens (tertiary/aromatic N) is 2. The highest BCUT2D eigenvalue weighted by molar-refractivity contribution is 6.12. The molecule has 4 aromatic carbocycles. The molecule has 0 saturated heterocycles. The normalized spacial score (nSPS) is 11.7. The first-order valence-corrected chi connectivity index (χ1v) is 15.1. The van der Waals surface area contributed by atoms with Crippen LogP contribution in [-0.4, -0.2) is 21.8 Å². The number of carbonyl (C=O) groups excluding carboxylic acids is 2. The van der Waals surface area contributed by atoms with E-state index in [2.05, 4.69) is 20.6 Å². The van der Waals surface area contributed by atoms with E-state index in [0.717, 1.165) is 22.2 Å². The first kappa shape index (κ1) is 29.3. The van der Waals surface area contributed by atoms with E-state index in [-0.39, 0.29) is 22.5 Å². The van der Waals surface area contributed by atoms with Crippen LogP contribution >= 0.6 is 0 Å². The van der Waals surface area contributed by atoms with Crippen molar-refractivity contribution in [3.8, 4) is 11.3 Å². The first-order chi connectivity index (χ1) is 23.0. The van der Waals surface area contributed by atoms with Gasteiger partial charge in [0.25, 0.3) is 11.8 Å². The maximum absolute atomic E-state index is 13.5. The molecule has 3 heterocycles. The first-order valence-electron chi connectivity index (χ1n) is 15.1. The number of hydrogen-bond donors (Lipinski definition) is 2. The average Bonchev–Trinajstić information content (AvgIpc) is 3.12. The van der Waals surface area contributed by atoms with E-state index < -0.39 is 11.9 Å². The number of pyridine rings is 2. The van der Waals surface area contributed by atoms with Crippen molar-refractivity contribution in [3.63, 3.8) is 0 Å². The Hall–Kier alpha value is -6.41. The predicted molar refractivity (Wildman–Crippen MR) is 182 cm³/mol. The third-order valence-electron chi connectivity index (χ3n) is 8.02. The standard InChI is InChI=1S/C39H28N4O4/c1-24-35(44)30-15-10-16-31(37(30)47-36(24)26-13-6-3-7-14-26)39(46)42-29-19-18-27-21-28(23-41-33(27)22-29)38(45)43-34(25-11-4-2-5-12-25)32-17-8-9-20-40-32/h2-23,34H,1H3,(H,42,46)(H,43,45). The summed E-state index contributed by atoms with van der Waals surface area (Å²) in [5.74, 6) is -0.300. The van der Waals surface area contributed by atoms with Gasteiger partial charge < -0.3 is 15.1 Å². The van der Waals surface area contributed by atoms with Gasteiger partial charge in [-0.1, -0.05) is 78.9 Å². The van der Waals surface area contributed by atoms with E-state index in [1.807, 2.05) is 78.9 Å². The maximum atomic E-state index is 13.5. The van der Waals surface area contributed by atoms with Crippen LogP contribution in [0.5, 0.6) is 0 Å². The molecule has 0 bridgehead atoms. The molecule has 2 amide bonds. The minimum Gasteiger partial charge on any atom is -0.455 e. The molecule has 0 aliphatic heterocycles. The number of fused-ring (bicyclic) bond motifs is 2. The van der Waals surface area contributed by atoms with Gasteiger partial charge in [0.1, 0.15) is 5.76 Å². The number of hydrogen-bond acceptors (Lipinski definition) is 6. The van der Waals surface area contributed by atoms with Crippen LogP contribution in [-0.2, 0) is 0 Å². The van der Waals surface area contributed by atoms with Gasteiger partial charge >= 0.3 is 0 Å². The van der Waals surface area contributed by atoms with Gasteiger partial charge in [0.05, 0.1) is 33.8 Å². The fourth-order valence-corrected chi connectivity index (χ4v) is 5.61. The lowest BCUT2D eigenvalue weighted by Gasteiger charge is -2.19. The number of carbonyl (C=O) groups is 2. The van der Waals surface area contributed by atoms with E-state index in [4.69, 9.17) is 4.42 Å². The highest BCUT2D eigenvalue weighted by Crippen LogP contribution is 2.28. The highest BCUT2D eigenvalue weighted by atomic mass is 16.3. The minimum absolute atomic E-state index is 0.190. The van der Waals surface area contributed by atoms with Gasteiger partial charge in [-0.25, -0.2) is 0 Å². The summed E-state index contributed by atoms with van der Waals surface area (Å²) in [5, 5.41) is 7.06. The molecule has 8 nitrogen and oxygen atoms in total. The van der Waals surface area contributed by atoms with Gasteiger partial charge in [0.2, 0.25) is 0 Å². The molecule has 7 aromatic rings. The lowest BCUT2D eigenvalue weighted by atomic mass is 10.0. The molecule has 0 spiro atoms. The predicted octanol–water partition coefficient (Wildman–Crippen LogP) is 7.48. The molecule has 1 unspecified atom stereocenters. The van der Waals surface area contributed by atoms with Crippen LogP contribution in [0.15, 0.2) is 143 Å². The summed E-state index contributed by atoms with van der Waals surface area (Å²) >= 11 is 0. The molecule has 228 valence electrons. The SMILES string of the molecule is Cc1c(-c2ccccc2)oc2c(C(=O)Nc3ccc4cc(C(=O)NC(c5ccccc5)c5ccccn5)cnc4c3)cccc2c1=O. The average molecular weight is 617 g/mol. The second kappa shape index (κ2) is 12.5. The minimum atomic E-state index is -0.440. The van der Waals surface area contributed by atoms with E-state index in [1.165, 1.54) is 6.20 Å². The third-order valence-corrected chi connectivity index (χ3v) is 8.02. The fourth-order valence-electron chi connectivity index (χ4n) is 5.61. The largest absolute Gasteiger partial charge is 0.455 e. The Balaban J connectivity index is 1.14. The van der Waals surface area contributed by atoms with Crippen LogP contribution in [0.25, 0.3) is 33.2 Å². The Morgan fingerprint density at radius 2 is 1.53 bits per heavy atom. The lowest BCUT2D eigenvalue weighted by Crippen LogP contribution is -2.30. The van der Waals surface area contributed by atoms with E-state index in [0.29, 0.717) is 33.5 Å². The molecule has 0 radical (unpaired) electrons. The Labute approximate surface area is 269 Å². The van der Waals surface area contributed by atoms with Gasteiger partial charge in [-0.15, -0.1) is 0 Å². The van der Waals surface area contributed by atoms with Crippen molar-refractivity contribution in [3.05, 3.63) is 172 Å². The van der Waals surface area contributed by atoms with Crippen LogP contribution in [0.1, 0.15) is 43.6 Å². The van der Waals surface area contributed by atoms with Crippen molar-refractivity contribution in [2.75, 3.05) is 5.32 Å². The van der Waals surface area contributed by atoms with E-state index in [9.17, 15) is 14.4 Å². The molecule has 7 rings (SSSR count). The number of aromatic nitrogens is 2. The topological polar surface area (TPSA) is 114 Å². The Bertz CT molecular complexity index is 2280. The summed E-state index contributed by atoms with van der Waals surface area (Å²) in [6.07, 6.45) is 3.21. The van der Waals surface area contributed by atoms with Crippen molar-refractivity contribution in [1.29, 1.82) is 0 Å². The molecule has 8 heteroatoms. The third kappa shape index (κ3) is 5.87. The number of benzene rings is 4. The number of anilines is 1. The van der Waals surface area contributed by atoms with Crippen molar-refractivity contribution >= 4 is 39.4 Å². The Morgan fingerprint density at radius 3 is 2.30 bits per heavy atom. The lowest BCUT2D eigenvalue weighted by molar-refractivity contribution is 0.0941. The van der Waals surface area contributed by atoms with Gasteiger partial charge in [-0.3, -0.25) is 24.4 Å². The van der Waals surface area contributed by atoms with Crippen LogP contribution < -0.4 is 16.1 Å². The molecular formula is C39H28N4O4. The Morgan fingerprint density at radius 1 is 0.766 bits per heavy atom.